The lowest BCUT2D eigenvalue weighted by atomic mass is 10.2. The van der Waals surface area contributed by atoms with Crippen molar-refractivity contribution in [2.75, 3.05) is 32.7 Å². The molecule has 1 amide bonds. The van der Waals surface area contributed by atoms with Gasteiger partial charge in [0.25, 0.3) is 5.91 Å². The molecule has 1 fully saturated rings. The van der Waals surface area contributed by atoms with E-state index in [-0.39, 0.29) is 5.69 Å². The Bertz CT molecular complexity index is 413. The summed E-state index contributed by atoms with van der Waals surface area (Å²) in [4.78, 5) is 20.0. The van der Waals surface area contributed by atoms with Crippen LogP contribution < -0.4 is 5.73 Å². The topological polar surface area (TPSA) is 62.5 Å². The SMILES string of the molecule is CCN1CCN(Cc2cc[c]c(C(N)=O)n2)CC1. The fraction of sp³-hybridized carbons (Fsp3) is 0.538. The summed E-state index contributed by atoms with van der Waals surface area (Å²) >= 11 is 0. The molecule has 2 N–H and O–H groups in total. The first kappa shape index (κ1) is 13.0. The van der Waals surface area contributed by atoms with Crippen LogP contribution >= 0.6 is 0 Å². The molecule has 0 saturated carbocycles. The van der Waals surface area contributed by atoms with Crippen molar-refractivity contribution < 1.29 is 4.79 Å². The fourth-order valence-electron chi connectivity index (χ4n) is 2.14. The number of piperazine rings is 1. The Morgan fingerprint density at radius 1 is 1.39 bits per heavy atom. The lowest BCUT2D eigenvalue weighted by molar-refractivity contribution is 0.0994. The molecule has 1 radical (unpaired) electrons. The van der Waals surface area contributed by atoms with Crippen LogP contribution in [0.4, 0.5) is 0 Å². The Hall–Kier alpha value is -1.46. The minimum atomic E-state index is -0.521. The minimum Gasteiger partial charge on any atom is -0.364 e. The number of amides is 1. The van der Waals surface area contributed by atoms with E-state index < -0.39 is 5.91 Å². The average molecular weight is 247 g/mol. The van der Waals surface area contributed by atoms with Crippen molar-refractivity contribution in [1.82, 2.24) is 14.8 Å². The Balaban J connectivity index is 1.94. The molecule has 0 bridgehead atoms. The zero-order valence-corrected chi connectivity index (χ0v) is 10.7. The number of hydrogen-bond acceptors (Lipinski definition) is 4. The number of likely N-dealkylation sites (N-methyl/N-ethyl adjacent to an activating group) is 1. The number of primary amides is 1. The monoisotopic (exact) mass is 247 g/mol. The molecule has 0 spiro atoms. The van der Waals surface area contributed by atoms with E-state index in [0.29, 0.717) is 0 Å². The van der Waals surface area contributed by atoms with Crippen LogP contribution in [0.25, 0.3) is 0 Å². The summed E-state index contributed by atoms with van der Waals surface area (Å²) in [7, 11) is 0. The number of rotatable bonds is 4. The van der Waals surface area contributed by atoms with Crippen molar-refractivity contribution in [3.05, 3.63) is 29.6 Å². The van der Waals surface area contributed by atoms with Gasteiger partial charge in [-0.15, -0.1) is 0 Å². The highest BCUT2D eigenvalue weighted by Gasteiger charge is 2.16. The first-order valence-electron chi connectivity index (χ1n) is 6.31. The summed E-state index contributed by atoms with van der Waals surface area (Å²) in [5.74, 6) is -0.521. The number of carbonyl (C=O) groups excluding carboxylic acids is 1. The van der Waals surface area contributed by atoms with Crippen LogP contribution in [0.2, 0.25) is 0 Å². The molecule has 1 aromatic heterocycles. The molecule has 2 heterocycles. The van der Waals surface area contributed by atoms with Gasteiger partial charge in [0.15, 0.2) is 0 Å². The van der Waals surface area contributed by atoms with Crippen LogP contribution in [0.3, 0.4) is 0 Å². The molecule has 2 rings (SSSR count). The molecule has 1 aromatic rings. The van der Waals surface area contributed by atoms with Crippen molar-refractivity contribution in [1.29, 1.82) is 0 Å². The summed E-state index contributed by atoms with van der Waals surface area (Å²) in [5.41, 5.74) is 6.30. The maximum Gasteiger partial charge on any atom is 0.267 e. The third-order valence-electron chi connectivity index (χ3n) is 3.28. The Kier molecular flexibility index (Phi) is 4.28. The van der Waals surface area contributed by atoms with Crippen LogP contribution in [0.15, 0.2) is 12.1 Å². The molecular formula is C13H19N4O. The van der Waals surface area contributed by atoms with E-state index in [1.54, 1.807) is 6.07 Å². The van der Waals surface area contributed by atoms with Crippen molar-refractivity contribution in [3.63, 3.8) is 0 Å². The van der Waals surface area contributed by atoms with Gasteiger partial charge in [-0.2, -0.15) is 0 Å². The average Bonchev–Trinajstić information content (AvgIpc) is 2.40. The van der Waals surface area contributed by atoms with Crippen LogP contribution in [-0.2, 0) is 6.54 Å². The normalized spacial score (nSPS) is 17.8. The van der Waals surface area contributed by atoms with E-state index in [1.807, 2.05) is 6.07 Å². The second-order valence-electron chi connectivity index (χ2n) is 4.50. The fourth-order valence-corrected chi connectivity index (χ4v) is 2.14. The van der Waals surface area contributed by atoms with E-state index in [2.05, 4.69) is 27.8 Å². The molecule has 18 heavy (non-hydrogen) atoms. The van der Waals surface area contributed by atoms with E-state index in [0.717, 1.165) is 45.0 Å². The highest BCUT2D eigenvalue weighted by Crippen LogP contribution is 2.07. The van der Waals surface area contributed by atoms with Gasteiger partial charge in [-0.1, -0.05) is 13.0 Å². The third kappa shape index (κ3) is 3.27. The number of hydrogen-bond donors (Lipinski definition) is 1. The number of pyridine rings is 1. The molecule has 5 heteroatoms. The van der Waals surface area contributed by atoms with E-state index in [9.17, 15) is 4.79 Å². The third-order valence-corrected chi connectivity index (χ3v) is 3.28. The quantitative estimate of drug-likeness (QED) is 0.821. The molecule has 1 aliphatic rings. The summed E-state index contributed by atoms with van der Waals surface area (Å²) in [6, 6.07) is 6.35. The number of aromatic nitrogens is 1. The standard InChI is InChI=1S/C13H19N4O/c1-2-16-6-8-17(9-7-16)10-11-4-3-5-12(15-11)13(14)18/h3-4H,2,6-10H2,1H3,(H2,14,18). The van der Waals surface area contributed by atoms with Gasteiger partial charge < -0.3 is 10.6 Å². The zero-order chi connectivity index (χ0) is 13.0. The van der Waals surface area contributed by atoms with Crippen LogP contribution in [0, 0.1) is 6.07 Å². The first-order chi connectivity index (χ1) is 8.69. The highest BCUT2D eigenvalue weighted by molar-refractivity contribution is 5.90. The summed E-state index contributed by atoms with van der Waals surface area (Å²) in [6.45, 7) is 8.34. The predicted molar refractivity (Wildman–Crippen MR) is 69.0 cm³/mol. The summed E-state index contributed by atoms with van der Waals surface area (Å²) < 4.78 is 0. The maximum atomic E-state index is 11.0. The lowest BCUT2D eigenvalue weighted by Gasteiger charge is -2.33. The Labute approximate surface area is 108 Å². The zero-order valence-electron chi connectivity index (χ0n) is 10.7. The van der Waals surface area contributed by atoms with Gasteiger partial charge in [0.05, 0.1) is 5.69 Å². The highest BCUT2D eigenvalue weighted by atomic mass is 16.1. The molecule has 0 unspecified atom stereocenters. The largest absolute Gasteiger partial charge is 0.364 e. The maximum absolute atomic E-state index is 11.0. The minimum absolute atomic E-state index is 0.222. The Morgan fingerprint density at radius 3 is 2.67 bits per heavy atom. The van der Waals surface area contributed by atoms with Gasteiger partial charge in [-0.25, -0.2) is 4.98 Å². The Morgan fingerprint density at radius 2 is 2.06 bits per heavy atom. The smallest absolute Gasteiger partial charge is 0.267 e. The van der Waals surface area contributed by atoms with Crippen molar-refractivity contribution >= 4 is 5.91 Å². The van der Waals surface area contributed by atoms with Crippen LogP contribution in [-0.4, -0.2) is 53.4 Å². The van der Waals surface area contributed by atoms with Crippen molar-refractivity contribution in [2.24, 2.45) is 5.73 Å². The molecule has 5 nitrogen and oxygen atoms in total. The van der Waals surface area contributed by atoms with Gasteiger partial charge in [0.1, 0.15) is 5.69 Å². The van der Waals surface area contributed by atoms with E-state index in [1.165, 1.54) is 0 Å². The molecule has 1 aliphatic heterocycles. The van der Waals surface area contributed by atoms with Gasteiger partial charge in [0.2, 0.25) is 0 Å². The molecule has 0 atom stereocenters. The van der Waals surface area contributed by atoms with Gasteiger partial charge >= 0.3 is 0 Å². The van der Waals surface area contributed by atoms with E-state index in [4.69, 9.17) is 5.73 Å². The lowest BCUT2D eigenvalue weighted by Crippen LogP contribution is -2.45. The van der Waals surface area contributed by atoms with Crippen molar-refractivity contribution in [2.45, 2.75) is 13.5 Å². The number of carbonyl (C=O) groups is 1. The predicted octanol–water partition coefficient (Wildman–Crippen LogP) is 0.118. The van der Waals surface area contributed by atoms with Crippen LogP contribution in [0.5, 0.6) is 0 Å². The van der Waals surface area contributed by atoms with E-state index >= 15 is 0 Å². The molecular weight excluding hydrogens is 228 g/mol. The first-order valence-corrected chi connectivity index (χ1v) is 6.31. The van der Waals surface area contributed by atoms with Crippen LogP contribution in [0.1, 0.15) is 23.1 Å². The number of nitrogens with zero attached hydrogens (tertiary/aromatic N) is 3. The van der Waals surface area contributed by atoms with Gasteiger partial charge in [0, 0.05) is 38.8 Å². The summed E-state index contributed by atoms with van der Waals surface area (Å²) in [6.07, 6.45) is 0. The van der Waals surface area contributed by atoms with Gasteiger partial charge in [-0.3, -0.25) is 9.69 Å². The van der Waals surface area contributed by atoms with Crippen molar-refractivity contribution in [3.8, 4) is 0 Å². The molecule has 0 aromatic carbocycles. The number of nitrogens with two attached hydrogens (primary N) is 1. The second-order valence-corrected chi connectivity index (χ2v) is 4.50. The van der Waals surface area contributed by atoms with Gasteiger partial charge in [-0.05, 0) is 12.6 Å². The summed E-state index contributed by atoms with van der Waals surface area (Å²) in [5, 5.41) is 0. The molecule has 0 aliphatic carbocycles. The molecule has 97 valence electrons. The molecule has 1 saturated heterocycles. The second kappa shape index (κ2) is 5.93.